The van der Waals surface area contributed by atoms with Crippen LogP contribution in [0.4, 0.5) is 0 Å². The zero-order valence-electron chi connectivity index (χ0n) is 28.5. The van der Waals surface area contributed by atoms with E-state index in [0.717, 1.165) is 42.9 Å². The Morgan fingerprint density at radius 2 is 1.10 bits per heavy atom. The molecule has 8 aromatic rings. The van der Waals surface area contributed by atoms with E-state index >= 15 is 0 Å². The van der Waals surface area contributed by atoms with E-state index in [2.05, 4.69) is 91.3 Å². The highest BCUT2D eigenvalue weighted by molar-refractivity contribution is 7.08. The lowest BCUT2D eigenvalue weighted by Gasteiger charge is -2.12. The molecule has 0 saturated carbocycles. The Morgan fingerprint density at radius 1 is 0.600 bits per heavy atom. The number of thiophene rings is 2. The molecule has 0 fully saturated rings. The first-order valence-corrected chi connectivity index (χ1v) is 19.6. The predicted octanol–water partition coefficient (Wildman–Crippen LogP) is 10.9. The number of nitrogens with zero attached hydrogens (tertiary/aromatic N) is 4. The molecule has 8 rings (SSSR count). The molecule has 0 spiro atoms. The topological polar surface area (TPSA) is 65.1 Å². The molecule has 6 heterocycles. The van der Waals surface area contributed by atoms with Crippen LogP contribution in [0.3, 0.4) is 0 Å². The molecule has 8 heteroatoms. The Hall–Kier alpha value is -4.34. The monoisotopic (exact) mass is 698 g/mol. The molecule has 0 atom stereocenters. The molecule has 2 aromatic carbocycles. The van der Waals surface area contributed by atoms with Crippen LogP contribution in [0.1, 0.15) is 49.7 Å². The fraction of sp³-hybridized carbons (Fsp3) is 0.286. The maximum atomic E-state index is 9.69. The smallest absolute Gasteiger partial charge is 0.0957 e. The van der Waals surface area contributed by atoms with Crippen molar-refractivity contribution >= 4 is 66.3 Å². The third kappa shape index (κ3) is 6.04. The van der Waals surface area contributed by atoms with Crippen molar-refractivity contribution in [1.29, 1.82) is 0 Å². The van der Waals surface area contributed by atoms with Gasteiger partial charge in [-0.2, -0.15) is 22.7 Å². The zero-order valence-corrected chi connectivity index (χ0v) is 30.1. The number of hydrogen-bond donors (Lipinski definition) is 1. The van der Waals surface area contributed by atoms with Gasteiger partial charge in [0.05, 0.1) is 29.0 Å². The summed E-state index contributed by atoms with van der Waals surface area (Å²) in [4.78, 5) is 9.84. The molecular formula is C42H42N4O2S2. The second-order valence-corrected chi connectivity index (χ2v) is 14.6. The van der Waals surface area contributed by atoms with E-state index in [0.29, 0.717) is 13.0 Å². The van der Waals surface area contributed by atoms with Crippen molar-refractivity contribution in [3.63, 3.8) is 0 Å². The number of hydrogen-bond acceptors (Lipinski definition) is 6. The number of benzene rings is 2. The standard InChI is InChI=1S/C42H42N4O2S2/c1-48-24-30-26-50-28-36(30)40-42-34(17-20-44-40)32-13-7-9-15-38(32)46(42)22-11-5-3-2-4-10-21-45-37-14-8-6-12-31(37)33-16-19-43-39(41(33)45)35-27-49-25-29(35)18-23-47/h6-9,12-17,19-20,25-28,47H,2-5,10-11,18,21-24H2,1H3. The maximum Gasteiger partial charge on any atom is 0.0957 e. The number of aliphatic hydroxyl groups excluding tert-OH is 1. The third-order valence-corrected chi connectivity index (χ3v) is 11.6. The zero-order chi connectivity index (χ0) is 33.9. The average molecular weight is 699 g/mol. The van der Waals surface area contributed by atoms with Crippen LogP contribution in [-0.2, 0) is 30.9 Å². The summed E-state index contributed by atoms with van der Waals surface area (Å²) in [5, 5.41) is 23.5. The van der Waals surface area contributed by atoms with Gasteiger partial charge in [0, 0.05) is 93.7 Å². The van der Waals surface area contributed by atoms with Crippen LogP contribution in [0.2, 0.25) is 0 Å². The lowest BCUT2D eigenvalue weighted by molar-refractivity contribution is 0.185. The molecule has 0 unspecified atom stereocenters. The molecule has 6 nitrogen and oxygen atoms in total. The molecule has 6 aromatic heterocycles. The predicted molar refractivity (Wildman–Crippen MR) is 210 cm³/mol. The highest BCUT2D eigenvalue weighted by Gasteiger charge is 2.20. The number of para-hydroxylation sites is 2. The minimum atomic E-state index is 0.143. The SMILES string of the molecule is COCc1cscc1-c1nccc2c3ccccc3n(CCCCCCCCn3c4ccccc4c4ccnc(-c5cscc5CCO)c43)c12. The number of rotatable bonds is 15. The Bertz CT molecular complexity index is 2230. The van der Waals surface area contributed by atoms with Gasteiger partial charge in [-0.05, 0) is 65.4 Å². The first-order valence-electron chi connectivity index (χ1n) is 17.7. The lowest BCUT2D eigenvalue weighted by atomic mass is 10.1. The highest BCUT2D eigenvalue weighted by Crippen LogP contribution is 2.39. The fourth-order valence-electron chi connectivity index (χ4n) is 7.75. The van der Waals surface area contributed by atoms with Gasteiger partial charge in [0.15, 0.2) is 0 Å². The Morgan fingerprint density at radius 3 is 1.64 bits per heavy atom. The van der Waals surface area contributed by atoms with E-state index in [-0.39, 0.29) is 6.61 Å². The highest BCUT2D eigenvalue weighted by atomic mass is 32.1. The van der Waals surface area contributed by atoms with E-state index < -0.39 is 0 Å². The maximum absolute atomic E-state index is 9.69. The molecule has 0 amide bonds. The summed E-state index contributed by atoms with van der Waals surface area (Å²) in [5.41, 5.74) is 11.8. The third-order valence-electron chi connectivity index (χ3n) is 10.0. The summed E-state index contributed by atoms with van der Waals surface area (Å²) < 4.78 is 10.5. The van der Waals surface area contributed by atoms with Crippen LogP contribution in [0.15, 0.2) is 94.6 Å². The van der Waals surface area contributed by atoms with E-state index in [1.165, 1.54) is 86.0 Å². The Kier molecular flexibility index (Phi) is 9.77. The van der Waals surface area contributed by atoms with E-state index in [4.69, 9.17) is 14.7 Å². The second-order valence-electron chi connectivity index (χ2n) is 13.1. The van der Waals surface area contributed by atoms with Gasteiger partial charge >= 0.3 is 0 Å². The minimum absolute atomic E-state index is 0.143. The number of unbranched alkanes of at least 4 members (excludes halogenated alkanes) is 5. The van der Waals surface area contributed by atoms with Crippen molar-refractivity contribution in [3.05, 3.63) is 106 Å². The number of aliphatic hydroxyl groups is 1. The quantitative estimate of drug-likeness (QED) is 0.108. The summed E-state index contributed by atoms with van der Waals surface area (Å²) in [7, 11) is 1.76. The summed E-state index contributed by atoms with van der Waals surface area (Å²) in [6.45, 7) is 2.67. The molecule has 50 heavy (non-hydrogen) atoms. The number of fused-ring (bicyclic) bond motifs is 6. The van der Waals surface area contributed by atoms with E-state index in [1.807, 2.05) is 12.4 Å². The molecular weight excluding hydrogens is 657 g/mol. The summed E-state index contributed by atoms with van der Waals surface area (Å²) >= 11 is 3.40. The molecule has 0 aliphatic carbocycles. The van der Waals surface area contributed by atoms with Crippen LogP contribution >= 0.6 is 22.7 Å². The molecule has 1 N–H and O–H groups in total. The van der Waals surface area contributed by atoms with Crippen molar-refractivity contribution in [1.82, 2.24) is 19.1 Å². The number of pyridine rings is 2. The van der Waals surface area contributed by atoms with Crippen molar-refractivity contribution in [3.8, 4) is 22.5 Å². The van der Waals surface area contributed by atoms with Crippen molar-refractivity contribution in [2.24, 2.45) is 0 Å². The van der Waals surface area contributed by atoms with Gasteiger partial charge in [-0.25, -0.2) is 0 Å². The fourth-order valence-corrected chi connectivity index (χ4v) is 9.46. The van der Waals surface area contributed by atoms with Crippen molar-refractivity contribution in [2.75, 3.05) is 13.7 Å². The Balaban J connectivity index is 0.954. The van der Waals surface area contributed by atoms with Crippen LogP contribution in [0, 0.1) is 0 Å². The van der Waals surface area contributed by atoms with Crippen LogP contribution in [0.25, 0.3) is 66.1 Å². The average Bonchev–Trinajstić information content (AvgIpc) is 3.94. The van der Waals surface area contributed by atoms with Gasteiger partial charge in [-0.15, -0.1) is 0 Å². The van der Waals surface area contributed by atoms with Gasteiger partial charge in [-0.1, -0.05) is 62.1 Å². The largest absolute Gasteiger partial charge is 0.396 e. The molecule has 0 bridgehead atoms. The molecule has 0 aliphatic heterocycles. The number of aryl methyl sites for hydroxylation is 2. The van der Waals surface area contributed by atoms with Gasteiger partial charge in [-0.3, -0.25) is 9.97 Å². The number of aromatic nitrogens is 4. The van der Waals surface area contributed by atoms with Crippen LogP contribution in [0.5, 0.6) is 0 Å². The van der Waals surface area contributed by atoms with Crippen molar-refractivity contribution < 1.29 is 9.84 Å². The second kappa shape index (κ2) is 14.9. The lowest BCUT2D eigenvalue weighted by Crippen LogP contribution is -2.01. The van der Waals surface area contributed by atoms with Crippen LogP contribution < -0.4 is 0 Å². The molecule has 0 radical (unpaired) electrons. The van der Waals surface area contributed by atoms with Crippen molar-refractivity contribution in [2.45, 2.75) is 64.6 Å². The summed E-state index contributed by atoms with van der Waals surface area (Å²) in [5.74, 6) is 0. The van der Waals surface area contributed by atoms with Gasteiger partial charge in [0.25, 0.3) is 0 Å². The molecule has 254 valence electrons. The van der Waals surface area contributed by atoms with E-state index in [9.17, 15) is 5.11 Å². The molecule has 0 aliphatic rings. The Labute approximate surface area is 300 Å². The summed E-state index contributed by atoms with van der Waals surface area (Å²) in [6.07, 6.45) is 11.6. The summed E-state index contributed by atoms with van der Waals surface area (Å²) in [6, 6.07) is 21.9. The normalized spacial score (nSPS) is 12.0. The number of methoxy groups -OCH3 is 1. The van der Waals surface area contributed by atoms with Gasteiger partial charge < -0.3 is 19.0 Å². The first kappa shape index (κ1) is 32.8. The minimum Gasteiger partial charge on any atom is -0.396 e. The van der Waals surface area contributed by atoms with Gasteiger partial charge in [0.2, 0.25) is 0 Å². The van der Waals surface area contributed by atoms with Gasteiger partial charge in [0.1, 0.15) is 0 Å². The van der Waals surface area contributed by atoms with Crippen LogP contribution in [-0.4, -0.2) is 37.9 Å². The van der Waals surface area contributed by atoms with E-state index in [1.54, 1.807) is 29.8 Å². The first-order chi connectivity index (χ1) is 24.8. The number of ether oxygens (including phenoxy) is 1. The molecule has 0 saturated heterocycles.